The van der Waals surface area contributed by atoms with Crippen molar-refractivity contribution < 1.29 is 14.7 Å². The Balaban J connectivity index is 2.39. The van der Waals surface area contributed by atoms with E-state index in [1.165, 1.54) is 16.7 Å². The summed E-state index contributed by atoms with van der Waals surface area (Å²) in [6.45, 7) is 3.03. The van der Waals surface area contributed by atoms with E-state index in [9.17, 15) is 9.59 Å². The van der Waals surface area contributed by atoms with Crippen LogP contribution in [0.5, 0.6) is 0 Å². The fraction of sp³-hybridized carbons (Fsp3) is 0.545. The molecule has 0 bridgehead atoms. The Morgan fingerprint density at radius 2 is 2.28 bits per heavy atom. The zero-order valence-electron chi connectivity index (χ0n) is 10.5. The number of carbonyl (C=O) groups is 2. The van der Waals surface area contributed by atoms with Crippen molar-refractivity contribution in [3.8, 4) is 0 Å². The van der Waals surface area contributed by atoms with Crippen LogP contribution < -0.4 is 5.32 Å². The van der Waals surface area contributed by atoms with Gasteiger partial charge < -0.3 is 15.3 Å². The molecule has 0 aliphatic heterocycles. The number of hydrogen-bond acceptors (Lipinski definition) is 4. The lowest BCUT2D eigenvalue weighted by molar-refractivity contribution is 0.0691. The van der Waals surface area contributed by atoms with Gasteiger partial charge in [-0.1, -0.05) is 13.3 Å². The predicted octanol–water partition coefficient (Wildman–Crippen LogP) is 1.78. The highest BCUT2D eigenvalue weighted by Gasteiger charge is 2.11. The smallest absolute Gasteiger partial charge is 0.355 e. The minimum absolute atomic E-state index is 0.0172. The second-order valence-corrected chi connectivity index (χ2v) is 4.81. The molecule has 0 atom stereocenters. The number of aromatic carboxylic acids is 1. The van der Waals surface area contributed by atoms with Crippen LogP contribution in [-0.4, -0.2) is 40.6 Å². The number of carbonyl (C=O) groups excluding carboxylic acids is 1. The Labute approximate surface area is 110 Å². The summed E-state index contributed by atoms with van der Waals surface area (Å²) in [5, 5.41) is 13.5. The summed E-state index contributed by atoms with van der Waals surface area (Å²) in [6.07, 6.45) is 2.00. The van der Waals surface area contributed by atoms with Crippen molar-refractivity contribution in [3.05, 3.63) is 16.1 Å². The van der Waals surface area contributed by atoms with Gasteiger partial charge in [0.15, 0.2) is 5.69 Å². The molecule has 0 saturated heterocycles. The monoisotopic (exact) mass is 271 g/mol. The standard InChI is InChI=1S/C11H17N3O3S/c1-3-4-5-14(2)11(17)12-6-9-13-8(7-18-9)10(15)16/h7H,3-6H2,1-2H3,(H,12,17)(H,15,16). The molecule has 1 aromatic heterocycles. The van der Waals surface area contributed by atoms with Gasteiger partial charge in [0.1, 0.15) is 5.01 Å². The fourth-order valence-electron chi connectivity index (χ4n) is 1.27. The highest BCUT2D eigenvalue weighted by atomic mass is 32.1. The molecule has 1 aromatic rings. The lowest BCUT2D eigenvalue weighted by atomic mass is 10.3. The molecule has 6 nitrogen and oxygen atoms in total. The normalized spacial score (nSPS) is 10.1. The zero-order valence-corrected chi connectivity index (χ0v) is 11.3. The van der Waals surface area contributed by atoms with Gasteiger partial charge in [-0.3, -0.25) is 0 Å². The van der Waals surface area contributed by atoms with Gasteiger partial charge in [-0.15, -0.1) is 11.3 Å². The molecule has 0 unspecified atom stereocenters. The zero-order chi connectivity index (χ0) is 13.5. The number of urea groups is 1. The van der Waals surface area contributed by atoms with Gasteiger partial charge in [-0.2, -0.15) is 0 Å². The minimum atomic E-state index is -1.05. The SMILES string of the molecule is CCCCN(C)C(=O)NCc1nc(C(=O)O)cs1. The Kier molecular flexibility index (Phi) is 5.57. The van der Waals surface area contributed by atoms with E-state index in [1.54, 1.807) is 11.9 Å². The molecule has 7 heteroatoms. The number of aromatic nitrogens is 1. The van der Waals surface area contributed by atoms with Crippen molar-refractivity contribution in [1.82, 2.24) is 15.2 Å². The molecule has 100 valence electrons. The van der Waals surface area contributed by atoms with Gasteiger partial charge >= 0.3 is 12.0 Å². The summed E-state index contributed by atoms with van der Waals surface area (Å²) >= 11 is 1.22. The highest BCUT2D eigenvalue weighted by molar-refractivity contribution is 7.09. The van der Waals surface area contributed by atoms with Crippen LogP contribution in [0.25, 0.3) is 0 Å². The molecule has 2 amide bonds. The lowest BCUT2D eigenvalue weighted by Gasteiger charge is -2.16. The van der Waals surface area contributed by atoms with Crippen molar-refractivity contribution in [1.29, 1.82) is 0 Å². The second-order valence-electron chi connectivity index (χ2n) is 3.87. The van der Waals surface area contributed by atoms with Gasteiger partial charge in [-0.25, -0.2) is 14.6 Å². The molecule has 0 radical (unpaired) electrons. The van der Waals surface area contributed by atoms with Crippen LogP contribution >= 0.6 is 11.3 Å². The Morgan fingerprint density at radius 1 is 1.56 bits per heavy atom. The summed E-state index contributed by atoms with van der Waals surface area (Å²) in [7, 11) is 1.73. The number of carboxylic acid groups (broad SMARTS) is 1. The van der Waals surface area contributed by atoms with Gasteiger partial charge in [0, 0.05) is 19.0 Å². The first kappa shape index (κ1) is 14.4. The molecule has 0 aliphatic carbocycles. The fourth-order valence-corrected chi connectivity index (χ4v) is 1.98. The van der Waals surface area contributed by atoms with Crippen molar-refractivity contribution >= 4 is 23.3 Å². The first-order valence-electron chi connectivity index (χ1n) is 5.71. The number of nitrogens with zero attached hydrogens (tertiary/aromatic N) is 2. The minimum Gasteiger partial charge on any atom is -0.476 e. The summed E-state index contributed by atoms with van der Waals surface area (Å²) in [6, 6.07) is -0.171. The topological polar surface area (TPSA) is 82.5 Å². The van der Waals surface area contributed by atoms with E-state index >= 15 is 0 Å². The Morgan fingerprint density at radius 3 is 2.83 bits per heavy atom. The van der Waals surface area contributed by atoms with Crippen LogP contribution in [0.15, 0.2) is 5.38 Å². The van der Waals surface area contributed by atoms with Crippen molar-refractivity contribution in [2.45, 2.75) is 26.3 Å². The second kappa shape index (κ2) is 6.95. The van der Waals surface area contributed by atoms with Crippen LogP contribution in [0.3, 0.4) is 0 Å². The molecule has 18 heavy (non-hydrogen) atoms. The molecule has 0 fully saturated rings. The number of unbranched alkanes of at least 4 members (excludes halogenated alkanes) is 1. The van der Waals surface area contributed by atoms with E-state index < -0.39 is 5.97 Å². The number of amides is 2. The summed E-state index contributed by atoms with van der Waals surface area (Å²) in [5.74, 6) is -1.05. The average Bonchev–Trinajstić information content (AvgIpc) is 2.81. The third-order valence-electron chi connectivity index (χ3n) is 2.36. The summed E-state index contributed by atoms with van der Waals surface area (Å²) in [5.41, 5.74) is 0.0172. The molecule has 0 spiro atoms. The predicted molar refractivity (Wildman–Crippen MR) is 68.8 cm³/mol. The third-order valence-corrected chi connectivity index (χ3v) is 3.20. The van der Waals surface area contributed by atoms with Gasteiger partial charge in [0.2, 0.25) is 0 Å². The molecule has 1 heterocycles. The van der Waals surface area contributed by atoms with Crippen LogP contribution in [-0.2, 0) is 6.54 Å². The van der Waals surface area contributed by atoms with Crippen LogP contribution in [0.4, 0.5) is 4.79 Å². The van der Waals surface area contributed by atoms with Gasteiger partial charge in [-0.05, 0) is 6.42 Å². The van der Waals surface area contributed by atoms with Crippen molar-refractivity contribution in [3.63, 3.8) is 0 Å². The maximum absolute atomic E-state index is 11.6. The van der Waals surface area contributed by atoms with E-state index in [1.807, 2.05) is 0 Å². The summed E-state index contributed by atoms with van der Waals surface area (Å²) < 4.78 is 0. The van der Waals surface area contributed by atoms with Crippen molar-refractivity contribution in [2.75, 3.05) is 13.6 Å². The number of nitrogens with one attached hydrogen (secondary N) is 1. The highest BCUT2D eigenvalue weighted by Crippen LogP contribution is 2.09. The molecular weight excluding hydrogens is 254 g/mol. The van der Waals surface area contributed by atoms with Crippen LogP contribution in [0.1, 0.15) is 35.3 Å². The van der Waals surface area contributed by atoms with Gasteiger partial charge in [0.25, 0.3) is 0 Å². The largest absolute Gasteiger partial charge is 0.476 e. The molecule has 2 N–H and O–H groups in total. The van der Waals surface area contributed by atoms with E-state index in [-0.39, 0.29) is 18.3 Å². The number of hydrogen-bond donors (Lipinski definition) is 2. The Bertz CT molecular complexity index is 419. The van der Waals surface area contributed by atoms with E-state index in [0.29, 0.717) is 11.6 Å². The third kappa shape index (κ3) is 4.33. The Hall–Kier alpha value is -1.63. The summed E-state index contributed by atoms with van der Waals surface area (Å²) in [4.78, 5) is 27.8. The van der Waals surface area contributed by atoms with E-state index in [2.05, 4.69) is 17.2 Å². The van der Waals surface area contributed by atoms with E-state index in [4.69, 9.17) is 5.11 Å². The number of thiazole rings is 1. The molecule has 0 saturated carbocycles. The lowest BCUT2D eigenvalue weighted by Crippen LogP contribution is -2.37. The molecule has 0 aromatic carbocycles. The van der Waals surface area contributed by atoms with Gasteiger partial charge in [0.05, 0.1) is 6.54 Å². The van der Waals surface area contributed by atoms with Crippen LogP contribution in [0, 0.1) is 0 Å². The first-order chi connectivity index (χ1) is 8.54. The van der Waals surface area contributed by atoms with Crippen LogP contribution in [0.2, 0.25) is 0 Å². The molecule has 0 aliphatic rings. The molecular formula is C11H17N3O3S. The average molecular weight is 271 g/mol. The first-order valence-corrected chi connectivity index (χ1v) is 6.59. The van der Waals surface area contributed by atoms with E-state index in [0.717, 1.165) is 12.8 Å². The van der Waals surface area contributed by atoms with Crippen molar-refractivity contribution in [2.24, 2.45) is 0 Å². The number of carboxylic acids is 1. The maximum atomic E-state index is 11.6. The maximum Gasteiger partial charge on any atom is 0.355 e. The molecule has 1 rings (SSSR count). The number of rotatable bonds is 6. The quantitative estimate of drug-likeness (QED) is 0.826.